The molecule has 5 nitrogen and oxygen atoms in total. The number of amides is 1. The van der Waals surface area contributed by atoms with Crippen LogP contribution in [0.4, 0.5) is 5.69 Å². The lowest BCUT2D eigenvalue weighted by Crippen LogP contribution is -2.39. The van der Waals surface area contributed by atoms with Gasteiger partial charge in [0.2, 0.25) is 0 Å². The molecule has 1 fully saturated rings. The number of esters is 1. The maximum absolute atomic E-state index is 12.4. The molecule has 0 spiro atoms. The van der Waals surface area contributed by atoms with Crippen LogP contribution in [0.5, 0.6) is 0 Å². The summed E-state index contributed by atoms with van der Waals surface area (Å²) in [4.78, 5) is 24.1. The Hall–Kier alpha value is -1.75. The monoisotopic (exact) mass is 352 g/mol. The largest absolute Gasteiger partial charge is 0.466 e. The summed E-state index contributed by atoms with van der Waals surface area (Å²) in [7, 11) is 0. The molecule has 2 N–H and O–H groups in total. The quantitative estimate of drug-likeness (QED) is 0.817. The molecule has 1 heterocycles. The molecule has 1 aliphatic heterocycles. The number of fused-ring (bicyclic) bond motifs is 1. The Kier molecular flexibility index (Phi) is 6.49. The van der Waals surface area contributed by atoms with E-state index >= 15 is 0 Å². The highest BCUT2D eigenvalue weighted by Gasteiger charge is 2.28. The van der Waals surface area contributed by atoms with Gasteiger partial charge in [0.15, 0.2) is 0 Å². The molecule has 0 bridgehead atoms. The zero-order chi connectivity index (χ0) is 16.2. The molecule has 3 rings (SSSR count). The average molecular weight is 353 g/mol. The van der Waals surface area contributed by atoms with E-state index in [1.165, 1.54) is 5.56 Å². The first kappa shape index (κ1) is 18.6. The standard InChI is InChI=1S/C18H24N2O3.ClH/c1-2-23-18(22)12-3-6-15(7-4-12)20-17(21)14-5-8-16-13(11-14)9-10-19-16;/h5,8,11-12,15,19H,2-4,6-7,9-10H2,1H3,(H,20,21);1H. The Bertz CT molecular complexity index is 598. The minimum atomic E-state index is -0.0941. The van der Waals surface area contributed by atoms with Crippen LogP contribution >= 0.6 is 12.4 Å². The Morgan fingerprint density at radius 1 is 1.25 bits per heavy atom. The first-order valence-electron chi connectivity index (χ1n) is 8.51. The van der Waals surface area contributed by atoms with Crippen LogP contribution in [0.3, 0.4) is 0 Å². The smallest absolute Gasteiger partial charge is 0.308 e. The zero-order valence-electron chi connectivity index (χ0n) is 14.0. The number of anilines is 1. The van der Waals surface area contributed by atoms with E-state index in [0.29, 0.717) is 6.61 Å². The number of nitrogens with one attached hydrogen (secondary N) is 2. The average Bonchev–Trinajstić information content (AvgIpc) is 3.03. The van der Waals surface area contributed by atoms with Gasteiger partial charge in [-0.3, -0.25) is 9.59 Å². The van der Waals surface area contributed by atoms with E-state index < -0.39 is 0 Å². The Morgan fingerprint density at radius 3 is 2.71 bits per heavy atom. The van der Waals surface area contributed by atoms with Gasteiger partial charge >= 0.3 is 5.97 Å². The van der Waals surface area contributed by atoms with Gasteiger partial charge in [0.1, 0.15) is 0 Å². The zero-order valence-corrected chi connectivity index (χ0v) is 14.8. The maximum Gasteiger partial charge on any atom is 0.308 e. The third kappa shape index (κ3) is 4.20. The fourth-order valence-corrected chi connectivity index (χ4v) is 3.45. The number of hydrogen-bond donors (Lipinski definition) is 2. The highest BCUT2D eigenvalue weighted by molar-refractivity contribution is 5.95. The molecular formula is C18H25ClN2O3. The van der Waals surface area contributed by atoms with E-state index in [1.807, 2.05) is 25.1 Å². The van der Waals surface area contributed by atoms with Gasteiger partial charge in [0.05, 0.1) is 12.5 Å². The summed E-state index contributed by atoms with van der Waals surface area (Å²) in [6, 6.07) is 5.99. The summed E-state index contributed by atoms with van der Waals surface area (Å²) < 4.78 is 5.08. The van der Waals surface area contributed by atoms with Crippen molar-refractivity contribution >= 4 is 30.0 Å². The third-order valence-electron chi connectivity index (χ3n) is 4.76. The second-order valence-electron chi connectivity index (χ2n) is 6.32. The lowest BCUT2D eigenvalue weighted by Gasteiger charge is -2.27. The molecule has 132 valence electrons. The van der Waals surface area contributed by atoms with Crippen LogP contribution in [0.25, 0.3) is 0 Å². The fraction of sp³-hybridized carbons (Fsp3) is 0.556. The molecule has 1 amide bonds. The Balaban J connectivity index is 0.00000208. The molecule has 0 aromatic heterocycles. The highest BCUT2D eigenvalue weighted by Crippen LogP contribution is 2.26. The van der Waals surface area contributed by atoms with Crippen LogP contribution < -0.4 is 10.6 Å². The van der Waals surface area contributed by atoms with Gasteiger partial charge < -0.3 is 15.4 Å². The van der Waals surface area contributed by atoms with Crippen LogP contribution in [-0.4, -0.2) is 31.1 Å². The minimum Gasteiger partial charge on any atom is -0.466 e. The molecular weight excluding hydrogens is 328 g/mol. The van der Waals surface area contributed by atoms with Crippen LogP contribution in [0.1, 0.15) is 48.5 Å². The van der Waals surface area contributed by atoms with Crippen molar-refractivity contribution in [3.63, 3.8) is 0 Å². The van der Waals surface area contributed by atoms with Gasteiger partial charge in [-0.15, -0.1) is 12.4 Å². The summed E-state index contributed by atoms with van der Waals surface area (Å²) in [6.45, 7) is 3.21. The first-order valence-corrected chi connectivity index (χ1v) is 8.51. The number of benzene rings is 1. The van der Waals surface area contributed by atoms with Crippen molar-refractivity contribution in [3.8, 4) is 0 Å². The predicted octanol–water partition coefficient (Wildman–Crippen LogP) is 2.93. The van der Waals surface area contributed by atoms with Gasteiger partial charge in [0, 0.05) is 23.8 Å². The van der Waals surface area contributed by atoms with Crippen molar-refractivity contribution in [2.45, 2.75) is 45.1 Å². The van der Waals surface area contributed by atoms with Crippen molar-refractivity contribution in [2.24, 2.45) is 5.92 Å². The number of rotatable bonds is 4. The van der Waals surface area contributed by atoms with Crippen molar-refractivity contribution in [2.75, 3.05) is 18.5 Å². The molecule has 0 unspecified atom stereocenters. The van der Waals surface area contributed by atoms with Crippen LogP contribution in [0.15, 0.2) is 18.2 Å². The molecule has 2 aliphatic rings. The number of carbonyl (C=O) groups is 2. The number of carbonyl (C=O) groups excluding carboxylic acids is 2. The van der Waals surface area contributed by atoms with Crippen LogP contribution in [0, 0.1) is 5.92 Å². The molecule has 24 heavy (non-hydrogen) atoms. The van der Waals surface area contributed by atoms with Gasteiger partial charge in [-0.1, -0.05) is 0 Å². The van der Waals surface area contributed by atoms with E-state index in [0.717, 1.165) is 49.9 Å². The van der Waals surface area contributed by atoms with Crippen molar-refractivity contribution in [1.29, 1.82) is 0 Å². The molecule has 0 radical (unpaired) electrons. The summed E-state index contributed by atoms with van der Waals surface area (Å²) >= 11 is 0. The summed E-state index contributed by atoms with van der Waals surface area (Å²) in [5, 5.41) is 6.40. The summed E-state index contributed by atoms with van der Waals surface area (Å²) in [6.07, 6.45) is 4.22. The Morgan fingerprint density at radius 2 is 2.00 bits per heavy atom. The fourth-order valence-electron chi connectivity index (χ4n) is 3.45. The van der Waals surface area contributed by atoms with Gasteiger partial charge in [-0.25, -0.2) is 0 Å². The van der Waals surface area contributed by atoms with E-state index in [1.54, 1.807) is 0 Å². The van der Waals surface area contributed by atoms with Gasteiger partial charge in [0.25, 0.3) is 5.91 Å². The Labute approximate surface area is 148 Å². The van der Waals surface area contributed by atoms with Crippen molar-refractivity contribution < 1.29 is 14.3 Å². The van der Waals surface area contributed by atoms with E-state index in [4.69, 9.17) is 4.74 Å². The SMILES string of the molecule is CCOC(=O)C1CCC(NC(=O)c2ccc3c(c2)CCN3)CC1.Cl. The number of ether oxygens (including phenoxy) is 1. The highest BCUT2D eigenvalue weighted by atomic mass is 35.5. The lowest BCUT2D eigenvalue weighted by atomic mass is 9.86. The topological polar surface area (TPSA) is 67.4 Å². The molecule has 6 heteroatoms. The molecule has 0 saturated heterocycles. The third-order valence-corrected chi connectivity index (χ3v) is 4.76. The van der Waals surface area contributed by atoms with Crippen molar-refractivity contribution in [3.05, 3.63) is 29.3 Å². The van der Waals surface area contributed by atoms with Crippen molar-refractivity contribution in [1.82, 2.24) is 5.32 Å². The van der Waals surface area contributed by atoms with E-state index in [9.17, 15) is 9.59 Å². The molecule has 0 atom stereocenters. The number of halogens is 1. The second-order valence-corrected chi connectivity index (χ2v) is 6.32. The minimum absolute atomic E-state index is 0. The maximum atomic E-state index is 12.4. The normalized spacial score (nSPS) is 21.9. The lowest BCUT2D eigenvalue weighted by molar-refractivity contribution is -0.149. The molecule has 1 aromatic carbocycles. The summed E-state index contributed by atoms with van der Waals surface area (Å²) in [5.74, 6) is -0.114. The first-order chi connectivity index (χ1) is 11.2. The van der Waals surface area contributed by atoms with Gasteiger partial charge in [-0.2, -0.15) is 0 Å². The van der Waals surface area contributed by atoms with E-state index in [2.05, 4.69) is 10.6 Å². The second kappa shape index (κ2) is 8.38. The van der Waals surface area contributed by atoms with E-state index in [-0.39, 0.29) is 36.2 Å². The molecule has 1 saturated carbocycles. The predicted molar refractivity (Wildman–Crippen MR) is 95.7 cm³/mol. The van der Waals surface area contributed by atoms with Crippen LogP contribution in [0.2, 0.25) is 0 Å². The number of hydrogen-bond acceptors (Lipinski definition) is 4. The molecule has 1 aromatic rings. The van der Waals surface area contributed by atoms with Gasteiger partial charge in [-0.05, 0) is 62.8 Å². The summed E-state index contributed by atoms with van der Waals surface area (Å²) in [5.41, 5.74) is 3.07. The molecule has 1 aliphatic carbocycles. The van der Waals surface area contributed by atoms with Crippen LogP contribution in [-0.2, 0) is 16.0 Å².